The molecular weight excluding hydrogens is 411 g/mol. The van der Waals surface area contributed by atoms with E-state index in [2.05, 4.69) is 10.2 Å². The van der Waals surface area contributed by atoms with E-state index in [4.69, 9.17) is 9.47 Å². The van der Waals surface area contributed by atoms with Gasteiger partial charge in [0.25, 0.3) is 0 Å². The van der Waals surface area contributed by atoms with Crippen molar-refractivity contribution in [1.29, 1.82) is 0 Å². The van der Waals surface area contributed by atoms with Gasteiger partial charge in [-0.25, -0.2) is 9.18 Å². The highest BCUT2D eigenvalue weighted by Gasteiger charge is 2.50. The molecule has 1 N–H and O–H groups in total. The summed E-state index contributed by atoms with van der Waals surface area (Å²) in [6, 6.07) is 12.8. The number of halogens is 1. The quantitative estimate of drug-likeness (QED) is 0.650. The van der Waals surface area contributed by atoms with E-state index in [1.54, 1.807) is 29.3 Å². The summed E-state index contributed by atoms with van der Waals surface area (Å²) in [7, 11) is 1.44. The highest BCUT2D eigenvalue weighted by atomic mass is 19.1. The molecule has 8 heteroatoms. The number of aromatic nitrogens is 2. The third-order valence-electron chi connectivity index (χ3n) is 6.51. The lowest BCUT2D eigenvalue weighted by molar-refractivity contribution is 0.00582. The Morgan fingerprint density at radius 1 is 1.16 bits per heavy atom. The van der Waals surface area contributed by atoms with Gasteiger partial charge >= 0.3 is 6.03 Å². The summed E-state index contributed by atoms with van der Waals surface area (Å²) in [5.41, 5.74) is 2.88. The first kappa shape index (κ1) is 20.5. The number of methoxy groups -OCH3 is 1. The molecule has 2 amide bonds. The van der Waals surface area contributed by atoms with Crippen molar-refractivity contribution in [2.24, 2.45) is 0 Å². The molecule has 0 unspecified atom stereocenters. The van der Waals surface area contributed by atoms with Crippen molar-refractivity contribution in [3.05, 3.63) is 66.2 Å². The number of anilines is 1. The van der Waals surface area contributed by atoms with Crippen molar-refractivity contribution in [2.75, 3.05) is 31.8 Å². The van der Waals surface area contributed by atoms with Crippen LogP contribution in [0.15, 0.2) is 54.9 Å². The smallest absolute Gasteiger partial charge is 0.325 e. The zero-order valence-corrected chi connectivity index (χ0v) is 17.9. The second-order valence-corrected chi connectivity index (χ2v) is 8.26. The Kier molecular flexibility index (Phi) is 5.30. The monoisotopic (exact) mass is 436 g/mol. The second kappa shape index (κ2) is 8.27. The first-order valence-electron chi connectivity index (χ1n) is 10.7. The summed E-state index contributed by atoms with van der Waals surface area (Å²) in [6.07, 6.45) is 5.02. The molecule has 0 atom stereocenters. The molecule has 7 nitrogen and oxygen atoms in total. The van der Waals surface area contributed by atoms with Crippen molar-refractivity contribution < 1.29 is 18.7 Å². The summed E-state index contributed by atoms with van der Waals surface area (Å²) in [5, 5.41) is 6.80. The normalized spacial score (nSPS) is 17.9. The molecule has 0 saturated carbocycles. The van der Waals surface area contributed by atoms with Gasteiger partial charge in [-0.2, -0.15) is 5.10 Å². The van der Waals surface area contributed by atoms with E-state index in [0.717, 1.165) is 16.8 Å². The Labute approximate surface area is 185 Å². The molecule has 0 aliphatic carbocycles. The number of nitrogens with zero attached hydrogens (tertiary/aromatic N) is 3. The van der Waals surface area contributed by atoms with Gasteiger partial charge in [0.15, 0.2) is 11.6 Å². The maximum atomic E-state index is 14.9. The third-order valence-corrected chi connectivity index (χ3v) is 6.51. The zero-order chi connectivity index (χ0) is 22.1. The number of rotatable bonds is 5. The van der Waals surface area contributed by atoms with Crippen LogP contribution in [0.4, 0.5) is 14.9 Å². The fraction of sp³-hybridized carbons (Fsp3) is 0.333. The van der Waals surface area contributed by atoms with Crippen LogP contribution in [0.1, 0.15) is 18.4 Å². The Balaban J connectivity index is 1.46. The highest BCUT2D eigenvalue weighted by Crippen LogP contribution is 2.39. The minimum atomic E-state index is -0.423. The number of hydrogen-bond donors (Lipinski definition) is 1. The molecule has 3 aromatic rings. The maximum Gasteiger partial charge on any atom is 0.325 e. The molecule has 0 bridgehead atoms. The summed E-state index contributed by atoms with van der Waals surface area (Å²) in [4.78, 5) is 17.2. The van der Waals surface area contributed by atoms with Crippen molar-refractivity contribution >= 4 is 11.7 Å². The van der Waals surface area contributed by atoms with E-state index in [1.165, 1.54) is 7.11 Å². The van der Waals surface area contributed by atoms with Gasteiger partial charge in [0.05, 0.1) is 31.9 Å². The Hall–Kier alpha value is -3.39. The SMILES string of the molecule is COc1cccc(CN2C(=O)N(c3ccc(-c4cn[nH]c4)cc3)CC23CCOCC3)c1F. The van der Waals surface area contributed by atoms with E-state index in [9.17, 15) is 9.18 Å². The minimum absolute atomic E-state index is 0.120. The van der Waals surface area contributed by atoms with Crippen LogP contribution in [0.25, 0.3) is 11.1 Å². The van der Waals surface area contributed by atoms with Crippen molar-refractivity contribution in [1.82, 2.24) is 15.1 Å². The molecule has 3 heterocycles. The van der Waals surface area contributed by atoms with E-state index >= 15 is 0 Å². The fourth-order valence-corrected chi connectivity index (χ4v) is 4.66. The Morgan fingerprint density at radius 2 is 1.94 bits per heavy atom. The first-order chi connectivity index (χ1) is 15.6. The van der Waals surface area contributed by atoms with Crippen LogP contribution in [0.2, 0.25) is 0 Å². The summed E-state index contributed by atoms with van der Waals surface area (Å²) < 4.78 is 25.6. The topological polar surface area (TPSA) is 70.7 Å². The van der Waals surface area contributed by atoms with Gasteiger partial charge < -0.3 is 14.4 Å². The molecule has 0 radical (unpaired) electrons. The number of nitrogens with one attached hydrogen (secondary N) is 1. The molecule has 166 valence electrons. The predicted molar refractivity (Wildman–Crippen MR) is 118 cm³/mol. The number of H-pyrrole nitrogens is 1. The molecule has 2 saturated heterocycles. The van der Waals surface area contributed by atoms with Gasteiger partial charge in [-0.05, 0) is 36.6 Å². The molecule has 5 rings (SSSR count). The number of hydrogen-bond acceptors (Lipinski definition) is 4. The van der Waals surface area contributed by atoms with E-state index in [-0.39, 0.29) is 18.3 Å². The number of ether oxygens (including phenoxy) is 2. The minimum Gasteiger partial charge on any atom is -0.494 e. The molecule has 1 spiro atoms. The van der Waals surface area contributed by atoms with Crippen LogP contribution in [0.5, 0.6) is 5.75 Å². The molecule has 2 aromatic carbocycles. The standard InChI is InChI=1S/C24H25FN4O3/c1-31-21-4-2-3-18(22(21)25)15-29-23(30)28(16-24(29)9-11-32-12-10-24)20-7-5-17(6-8-20)19-13-26-27-14-19/h2-8,13-14H,9-12,15-16H2,1H3,(H,26,27). The van der Waals surface area contributed by atoms with Gasteiger partial charge in [-0.15, -0.1) is 0 Å². The molecule has 2 aliphatic heterocycles. The largest absolute Gasteiger partial charge is 0.494 e. The number of amides is 2. The van der Waals surface area contributed by atoms with Crippen molar-refractivity contribution in [3.8, 4) is 16.9 Å². The van der Waals surface area contributed by atoms with Crippen LogP contribution < -0.4 is 9.64 Å². The maximum absolute atomic E-state index is 14.9. The molecular formula is C24H25FN4O3. The summed E-state index contributed by atoms with van der Waals surface area (Å²) >= 11 is 0. The zero-order valence-electron chi connectivity index (χ0n) is 17.9. The average Bonchev–Trinajstić information content (AvgIpc) is 3.45. The second-order valence-electron chi connectivity index (χ2n) is 8.26. The van der Waals surface area contributed by atoms with Gasteiger partial charge in [0, 0.05) is 36.2 Å². The molecule has 32 heavy (non-hydrogen) atoms. The lowest BCUT2D eigenvalue weighted by atomic mass is 9.88. The number of benzene rings is 2. The van der Waals surface area contributed by atoms with Crippen LogP contribution in [-0.2, 0) is 11.3 Å². The molecule has 2 fully saturated rings. The highest BCUT2D eigenvalue weighted by molar-refractivity contribution is 5.95. The van der Waals surface area contributed by atoms with Gasteiger partial charge in [0.2, 0.25) is 0 Å². The number of urea groups is 1. The fourth-order valence-electron chi connectivity index (χ4n) is 4.66. The number of aromatic amines is 1. The van der Waals surface area contributed by atoms with Gasteiger partial charge in [-0.1, -0.05) is 24.3 Å². The number of carbonyl (C=O) groups excluding carboxylic acids is 1. The number of carbonyl (C=O) groups is 1. The van der Waals surface area contributed by atoms with Crippen LogP contribution >= 0.6 is 0 Å². The van der Waals surface area contributed by atoms with E-state index in [1.807, 2.05) is 35.4 Å². The van der Waals surface area contributed by atoms with Crippen molar-refractivity contribution in [2.45, 2.75) is 24.9 Å². The Morgan fingerprint density at radius 3 is 2.62 bits per heavy atom. The average molecular weight is 436 g/mol. The molecule has 1 aromatic heterocycles. The first-order valence-corrected chi connectivity index (χ1v) is 10.7. The summed E-state index contributed by atoms with van der Waals surface area (Å²) in [6.45, 7) is 1.90. The third kappa shape index (κ3) is 3.50. The Bertz CT molecular complexity index is 1090. The van der Waals surface area contributed by atoms with Crippen molar-refractivity contribution in [3.63, 3.8) is 0 Å². The lowest BCUT2D eigenvalue weighted by Crippen LogP contribution is -2.50. The van der Waals surface area contributed by atoms with Gasteiger partial charge in [0.1, 0.15) is 0 Å². The van der Waals surface area contributed by atoms with Gasteiger partial charge in [-0.3, -0.25) is 10.00 Å². The van der Waals surface area contributed by atoms with E-state index < -0.39 is 11.4 Å². The lowest BCUT2D eigenvalue weighted by Gasteiger charge is -2.40. The van der Waals surface area contributed by atoms with Crippen LogP contribution in [0.3, 0.4) is 0 Å². The molecule has 2 aliphatic rings. The van der Waals surface area contributed by atoms with Crippen LogP contribution in [0, 0.1) is 5.82 Å². The summed E-state index contributed by atoms with van der Waals surface area (Å²) in [5.74, 6) is -0.241. The predicted octanol–water partition coefficient (Wildman–Crippen LogP) is 4.22. The van der Waals surface area contributed by atoms with E-state index in [0.29, 0.717) is 38.2 Å². The van der Waals surface area contributed by atoms with Crippen LogP contribution in [-0.4, -0.2) is 53.5 Å².